The van der Waals surface area contributed by atoms with Gasteiger partial charge in [-0.2, -0.15) is 36.4 Å². The van der Waals surface area contributed by atoms with Crippen LogP contribution in [0.3, 0.4) is 0 Å². The first-order chi connectivity index (χ1) is 31.3. The van der Waals surface area contributed by atoms with Crippen molar-refractivity contribution in [3.63, 3.8) is 0 Å². The van der Waals surface area contributed by atoms with Crippen molar-refractivity contribution in [2.45, 2.75) is 11.1 Å². The van der Waals surface area contributed by atoms with Crippen molar-refractivity contribution in [1.82, 2.24) is 10.6 Å². The van der Waals surface area contributed by atoms with E-state index in [0.717, 1.165) is 34.4 Å². The number of carbonyl (C=O) groups excluding carboxylic acids is 2. The second kappa shape index (κ2) is 22.8. The Morgan fingerprint density at radius 1 is 0.431 bits per heavy atom. The minimum atomic E-state index is -0.968. The molecule has 0 bridgehead atoms. The van der Waals surface area contributed by atoms with Crippen molar-refractivity contribution in [2.24, 2.45) is 0 Å². The predicted octanol–water partition coefficient (Wildman–Crippen LogP) is 10.1. The van der Waals surface area contributed by atoms with E-state index in [2.05, 4.69) is 10.6 Å². The number of anilines is 2. The summed E-state index contributed by atoms with van der Waals surface area (Å²) in [5.41, 5.74) is 1.42. The molecule has 0 aromatic heterocycles. The van der Waals surface area contributed by atoms with Gasteiger partial charge in [0.1, 0.15) is 0 Å². The number of nitrogens with one attached hydrogen (secondary N) is 2. The fourth-order valence-corrected chi connectivity index (χ4v) is 8.09. The number of amides is 2. The fraction of sp³-hybridized carbons (Fsp3) is 0.111. The van der Waals surface area contributed by atoms with E-state index in [9.17, 15) is 27.2 Å². The van der Waals surface area contributed by atoms with Gasteiger partial charge in [0, 0.05) is 36.4 Å². The molecule has 0 aliphatic carbocycles. The Labute approximate surface area is 391 Å². The molecule has 0 radical (unpaired) electrons. The summed E-state index contributed by atoms with van der Waals surface area (Å²) in [6.07, 6.45) is 0. The molecule has 2 N–H and O–H groups in total. The Morgan fingerprint density at radius 2 is 0.723 bits per heavy atom. The van der Waals surface area contributed by atoms with E-state index < -0.39 is 34.3 Å². The van der Waals surface area contributed by atoms with Gasteiger partial charge in [-0.25, -0.2) is 41.8 Å². The maximum Gasteiger partial charge on any atom is 4.00 e. The zero-order valence-corrected chi connectivity index (χ0v) is 36.7. The molecule has 10 rings (SSSR count). The van der Waals surface area contributed by atoms with Crippen molar-refractivity contribution in [2.75, 3.05) is 36.0 Å². The summed E-state index contributed by atoms with van der Waals surface area (Å²) in [7, 11) is 0. The molecule has 0 unspecified atom stereocenters. The molecular formula is C54H44F4N4O2Ti. The van der Waals surface area contributed by atoms with Gasteiger partial charge in [-0.05, 0) is 33.6 Å². The molecule has 2 aliphatic heterocycles. The molecule has 0 spiro atoms. The van der Waals surface area contributed by atoms with Crippen LogP contribution in [0.25, 0.3) is 0 Å². The molecule has 0 atom stereocenters. The number of halogens is 4. The van der Waals surface area contributed by atoms with Crippen LogP contribution in [0.5, 0.6) is 0 Å². The summed E-state index contributed by atoms with van der Waals surface area (Å²) >= 11 is 0. The maximum atomic E-state index is 14.7. The average Bonchev–Trinajstić information content (AvgIpc) is 4.13. The minimum absolute atomic E-state index is 0. The van der Waals surface area contributed by atoms with E-state index in [4.69, 9.17) is 0 Å². The number of rotatable bonds is 6. The normalized spacial score (nSPS) is 14.8. The van der Waals surface area contributed by atoms with Crippen LogP contribution in [0.1, 0.15) is 22.3 Å². The SMILES string of the molecule is O=C1CNCC(c2ccccc2)(c2ccccc2)N1c1ccc(F)[c-]c1F.O=C1CNCC(c2ccccc2)(c2ccccc2)N1c1ccc(F)[c-]c1F.[Ti+4].c1cc[cH-]c1.c1cc[cH-]c1. The first-order valence-electron chi connectivity index (χ1n) is 20.6. The van der Waals surface area contributed by atoms with Crippen molar-refractivity contribution in [3.05, 3.63) is 264 Å². The number of carbonyl (C=O) groups is 2. The summed E-state index contributed by atoms with van der Waals surface area (Å²) in [4.78, 5) is 28.8. The topological polar surface area (TPSA) is 64.7 Å². The molecule has 6 nitrogen and oxygen atoms in total. The second-order valence-corrected chi connectivity index (χ2v) is 14.8. The first kappa shape index (κ1) is 47.8. The molecule has 65 heavy (non-hydrogen) atoms. The quantitative estimate of drug-likeness (QED) is 0.0992. The van der Waals surface area contributed by atoms with Gasteiger partial charge in [0.25, 0.3) is 0 Å². The number of nitrogens with zero attached hydrogens (tertiary/aromatic N) is 2. The van der Waals surface area contributed by atoms with E-state index in [1.54, 1.807) is 0 Å². The van der Waals surface area contributed by atoms with Gasteiger partial charge in [-0.15, -0.1) is 36.4 Å². The largest absolute Gasteiger partial charge is 4.00 e. The monoisotopic (exact) mass is 904 g/mol. The summed E-state index contributed by atoms with van der Waals surface area (Å²) in [5.74, 6) is -3.98. The molecule has 2 fully saturated rings. The third kappa shape index (κ3) is 10.8. The van der Waals surface area contributed by atoms with Gasteiger partial charge in [0.15, 0.2) is 0 Å². The second-order valence-electron chi connectivity index (χ2n) is 14.8. The third-order valence-electron chi connectivity index (χ3n) is 10.9. The van der Waals surface area contributed by atoms with Crippen molar-refractivity contribution in [1.29, 1.82) is 0 Å². The average molecular weight is 905 g/mol. The van der Waals surface area contributed by atoms with Gasteiger partial charge < -0.3 is 20.4 Å². The van der Waals surface area contributed by atoms with Crippen LogP contribution in [0.4, 0.5) is 28.9 Å². The molecule has 2 aliphatic rings. The number of hydrogen-bond acceptors (Lipinski definition) is 4. The van der Waals surface area contributed by atoms with E-state index in [-0.39, 0.29) is 58.0 Å². The summed E-state index contributed by atoms with van der Waals surface area (Å²) in [5, 5.41) is 6.31. The van der Waals surface area contributed by atoms with Gasteiger partial charge >= 0.3 is 21.7 Å². The zero-order valence-electron chi connectivity index (χ0n) is 35.2. The van der Waals surface area contributed by atoms with Gasteiger partial charge in [0.05, 0.1) is 24.2 Å². The van der Waals surface area contributed by atoms with Crippen LogP contribution < -0.4 is 20.4 Å². The van der Waals surface area contributed by atoms with Crippen LogP contribution in [-0.2, 0) is 42.4 Å². The van der Waals surface area contributed by atoms with E-state index in [0.29, 0.717) is 13.1 Å². The smallest absolute Gasteiger partial charge is 0.348 e. The van der Waals surface area contributed by atoms with Crippen LogP contribution in [0, 0.1) is 35.4 Å². The van der Waals surface area contributed by atoms with Crippen molar-refractivity contribution < 1.29 is 48.9 Å². The van der Waals surface area contributed by atoms with Crippen molar-refractivity contribution >= 4 is 23.2 Å². The molecule has 11 heteroatoms. The van der Waals surface area contributed by atoms with Crippen LogP contribution >= 0.6 is 0 Å². The van der Waals surface area contributed by atoms with E-state index in [1.165, 1.54) is 21.9 Å². The Hall–Kier alpha value is -6.69. The molecule has 2 saturated heterocycles. The molecule has 2 heterocycles. The standard InChI is InChI=1S/2C22H17F2N2O.2C5H5.Ti/c2*23-18-11-12-20(19(24)13-18)26-21(27)14-25-15-22(26,16-7-3-1-4-8-16)17-9-5-2-6-10-17;2*1-2-4-5-3-1;/h2*1-12,25H,14-15H2;2*1-5H;/q4*-1;+4. The predicted molar refractivity (Wildman–Crippen MR) is 242 cm³/mol. The molecule has 0 saturated carbocycles. The molecule has 8 aromatic rings. The summed E-state index contributed by atoms with van der Waals surface area (Å²) < 4.78 is 56.2. The first-order valence-corrected chi connectivity index (χ1v) is 20.6. The Morgan fingerprint density at radius 3 is 0.969 bits per heavy atom. The van der Waals surface area contributed by atoms with Crippen LogP contribution in [-0.4, -0.2) is 38.0 Å². The summed E-state index contributed by atoms with van der Waals surface area (Å²) in [6, 6.07) is 66.8. The molecule has 2 amide bonds. The molecule has 8 aromatic carbocycles. The Balaban J connectivity index is 0.000000175. The fourth-order valence-electron chi connectivity index (χ4n) is 8.09. The molecular weight excluding hydrogens is 860 g/mol. The number of piperazine rings is 2. The maximum absolute atomic E-state index is 14.7. The van der Waals surface area contributed by atoms with Crippen LogP contribution in [0.2, 0.25) is 0 Å². The van der Waals surface area contributed by atoms with Gasteiger partial charge in [0.2, 0.25) is 11.8 Å². The third-order valence-corrected chi connectivity index (χ3v) is 10.9. The Kier molecular flexibility index (Phi) is 16.8. The van der Waals surface area contributed by atoms with E-state index >= 15 is 0 Å². The Bertz CT molecular complexity index is 2370. The summed E-state index contributed by atoms with van der Waals surface area (Å²) in [6.45, 7) is 0.920. The number of benzene rings is 6. The zero-order chi connectivity index (χ0) is 44.8. The molecule has 324 valence electrons. The number of hydrogen-bond donors (Lipinski definition) is 2. The van der Waals surface area contributed by atoms with Gasteiger partial charge in [-0.1, -0.05) is 121 Å². The van der Waals surface area contributed by atoms with Crippen LogP contribution in [0.15, 0.2) is 206 Å². The van der Waals surface area contributed by atoms with Crippen molar-refractivity contribution in [3.8, 4) is 0 Å². The van der Waals surface area contributed by atoms with E-state index in [1.807, 2.05) is 194 Å². The minimum Gasteiger partial charge on any atom is -0.348 e. The van der Waals surface area contributed by atoms with Gasteiger partial charge in [-0.3, -0.25) is 9.59 Å².